The molecule has 0 saturated carbocycles. The number of hydrogen-bond acceptors (Lipinski definition) is 4. The van der Waals surface area contributed by atoms with E-state index in [0.717, 1.165) is 24.2 Å². The molecule has 1 atom stereocenters. The summed E-state index contributed by atoms with van der Waals surface area (Å²) in [7, 11) is 3.72. The summed E-state index contributed by atoms with van der Waals surface area (Å²) in [5, 5.41) is 9.25. The topological polar surface area (TPSA) is 50.6 Å². The lowest BCUT2D eigenvalue weighted by Gasteiger charge is -2.37. The van der Waals surface area contributed by atoms with Gasteiger partial charge in [0.2, 0.25) is 5.91 Å². The van der Waals surface area contributed by atoms with Gasteiger partial charge in [-0.05, 0) is 43.4 Å². The molecule has 0 bridgehead atoms. The zero-order valence-electron chi connectivity index (χ0n) is 16.3. The maximum Gasteiger partial charge on any atom is 0.244 e. The van der Waals surface area contributed by atoms with Gasteiger partial charge in [-0.2, -0.15) is 5.26 Å². The number of amides is 1. The molecule has 2 aromatic rings. The molecule has 2 aromatic carbocycles. The van der Waals surface area contributed by atoms with Crippen LogP contribution in [0.4, 0.5) is 4.39 Å². The summed E-state index contributed by atoms with van der Waals surface area (Å²) in [4.78, 5) is 19.1. The van der Waals surface area contributed by atoms with Gasteiger partial charge in [-0.1, -0.05) is 30.3 Å². The van der Waals surface area contributed by atoms with Gasteiger partial charge >= 0.3 is 0 Å². The largest absolute Gasteiger partial charge is 0.338 e. The molecule has 1 fully saturated rings. The Labute approximate surface area is 165 Å². The molecule has 1 aliphatic heterocycles. The molecule has 0 aliphatic carbocycles. The first-order valence-electron chi connectivity index (χ1n) is 9.40. The Hall–Kier alpha value is -2.75. The van der Waals surface area contributed by atoms with E-state index in [9.17, 15) is 14.4 Å². The monoisotopic (exact) mass is 380 g/mol. The summed E-state index contributed by atoms with van der Waals surface area (Å²) in [6.07, 6.45) is 0. The van der Waals surface area contributed by atoms with E-state index < -0.39 is 6.04 Å². The maximum absolute atomic E-state index is 13.2. The van der Waals surface area contributed by atoms with Crippen molar-refractivity contribution >= 4 is 5.91 Å². The number of nitrogens with zero attached hydrogens (tertiary/aromatic N) is 4. The average molecular weight is 380 g/mol. The summed E-state index contributed by atoms with van der Waals surface area (Å²) >= 11 is 0. The van der Waals surface area contributed by atoms with E-state index >= 15 is 0 Å². The maximum atomic E-state index is 13.2. The van der Waals surface area contributed by atoms with E-state index in [-0.39, 0.29) is 11.7 Å². The minimum atomic E-state index is -0.425. The van der Waals surface area contributed by atoms with Crippen LogP contribution in [0.15, 0.2) is 48.5 Å². The van der Waals surface area contributed by atoms with Crippen molar-refractivity contribution in [3.8, 4) is 6.07 Å². The van der Waals surface area contributed by atoms with Crippen LogP contribution in [0.25, 0.3) is 0 Å². The standard InChI is InChI=1S/C22H25FN4O/c1-25(2)21(17-7-9-20(23)10-8-17)22(28)27-13-11-26(12-14-27)16-19-6-4-3-5-18(19)15-24/h3-10,21H,11-14,16H2,1-2H3/t21-/m0/s1. The lowest BCUT2D eigenvalue weighted by molar-refractivity contribution is -0.138. The van der Waals surface area contributed by atoms with Gasteiger partial charge in [-0.25, -0.2) is 4.39 Å². The lowest BCUT2D eigenvalue weighted by Crippen LogP contribution is -2.51. The first-order valence-corrected chi connectivity index (χ1v) is 9.40. The minimum Gasteiger partial charge on any atom is -0.338 e. The van der Waals surface area contributed by atoms with Gasteiger partial charge in [0.25, 0.3) is 0 Å². The molecule has 28 heavy (non-hydrogen) atoms. The van der Waals surface area contributed by atoms with Crippen molar-refractivity contribution in [3.05, 3.63) is 71.0 Å². The number of hydrogen-bond donors (Lipinski definition) is 0. The number of halogens is 1. The smallest absolute Gasteiger partial charge is 0.244 e. The number of likely N-dealkylation sites (N-methyl/N-ethyl adjacent to an activating group) is 1. The van der Waals surface area contributed by atoms with Crippen LogP contribution in [0.3, 0.4) is 0 Å². The van der Waals surface area contributed by atoms with E-state index in [1.54, 1.807) is 12.1 Å². The fourth-order valence-electron chi connectivity index (χ4n) is 3.61. The number of rotatable bonds is 5. The van der Waals surface area contributed by atoms with E-state index in [2.05, 4.69) is 11.0 Å². The number of piperazine rings is 1. The zero-order valence-corrected chi connectivity index (χ0v) is 16.3. The van der Waals surface area contributed by atoms with Crippen LogP contribution in [0.1, 0.15) is 22.7 Å². The van der Waals surface area contributed by atoms with E-state index in [1.165, 1.54) is 12.1 Å². The fourth-order valence-corrected chi connectivity index (χ4v) is 3.61. The Bertz CT molecular complexity index is 852. The molecule has 6 heteroatoms. The highest BCUT2D eigenvalue weighted by atomic mass is 19.1. The number of benzene rings is 2. The molecule has 0 aromatic heterocycles. The predicted octanol–water partition coefficient (Wildman–Crippen LogP) is 2.64. The van der Waals surface area contributed by atoms with Crippen LogP contribution in [-0.4, -0.2) is 60.9 Å². The molecule has 1 amide bonds. The molecule has 1 saturated heterocycles. The Morgan fingerprint density at radius 3 is 2.36 bits per heavy atom. The van der Waals surface area contributed by atoms with Gasteiger partial charge < -0.3 is 4.90 Å². The van der Waals surface area contributed by atoms with Gasteiger partial charge in [0.05, 0.1) is 11.6 Å². The van der Waals surface area contributed by atoms with Crippen LogP contribution in [0.5, 0.6) is 0 Å². The molecule has 0 N–H and O–H groups in total. The van der Waals surface area contributed by atoms with Crippen LogP contribution in [0.2, 0.25) is 0 Å². The number of nitriles is 1. The lowest BCUT2D eigenvalue weighted by atomic mass is 10.0. The van der Waals surface area contributed by atoms with Crippen LogP contribution in [0, 0.1) is 17.1 Å². The van der Waals surface area contributed by atoms with Crippen molar-refractivity contribution < 1.29 is 9.18 Å². The third-order valence-electron chi connectivity index (χ3n) is 5.15. The molecule has 0 radical (unpaired) electrons. The molecular formula is C22H25FN4O. The Kier molecular flexibility index (Phi) is 6.40. The number of carbonyl (C=O) groups is 1. The third kappa shape index (κ3) is 4.56. The molecule has 0 unspecified atom stereocenters. The highest BCUT2D eigenvalue weighted by Gasteiger charge is 2.30. The fraction of sp³-hybridized carbons (Fsp3) is 0.364. The summed E-state index contributed by atoms with van der Waals surface area (Å²) < 4.78 is 13.2. The van der Waals surface area contributed by atoms with Crippen molar-refractivity contribution in [3.63, 3.8) is 0 Å². The van der Waals surface area contributed by atoms with Crippen LogP contribution in [-0.2, 0) is 11.3 Å². The first kappa shape index (κ1) is 20.0. The van der Waals surface area contributed by atoms with Gasteiger partial charge in [0, 0.05) is 32.7 Å². The second-order valence-electron chi connectivity index (χ2n) is 7.29. The second-order valence-corrected chi connectivity index (χ2v) is 7.29. The highest BCUT2D eigenvalue weighted by Crippen LogP contribution is 2.22. The predicted molar refractivity (Wildman–Crippen MR) is 106 cm³/mol. The van der Waals surface area contributed by atoms with E-state index in [1.807, 2.05) is 48.2 Å². The third-order valence-corrected chi connectivity index (χ3v) is 5.15. The summed E-state index contributed by atoms with van der Waals surface area (Å²) in [6.45, 7) is 3.50. The molecular weight excluding hydrogens is 355 g/mol. The molecule has 5 nitrogen and oxygen atoms in total. The van der Waals surface area contributed by atoms with Gasteiger partial charge in [-0.15, -0.1) is 0 Å². The normalized spacial score (nSPS) is 16.0. The molecule has 1 heterocycles. The van der Waals surface area contributed by atoms with Crippen molar-refractivity contribution in [1.82, 2.24) is 14.7 Å². The quantitative estimate of drug-likeness (QED) is 0.800. The van der Waals surface area contributed by atoms with Gasteiger partial charge in [0.1, 0.15) is 11.9 Å². The van der Waals surface area contributed by atoms with Crippen molar-refractivity contribution in [2.24, 2.45) is 0 Å². The average Bonchev–Trinajstić information content (AvgIpc) is 2.70. The van der Waals surface area contributed by atoms with Gasteiger partial charge in [0.15, 0.2) is 0 Å². The van der Waals surface area contributed by atoms with E-state index in [0.29, 0.717) is 25.2 Å². The summed E-state index contributed by atoms with van der Waals surface area (Å²) in [6, 6.07) is 15.6. The Balaban J connectivity index is 1.64. The zero-order chi connectivity index (χ0) is 20.1. The summed E-state index contributed by atoms with van der Waals surface area (Å²) in [5.41, 5.74) is 2.51. The van der Waals surface area contributed by atoms with Crippen LogP contribution < -0.4 is 0 Å². The Morgan fingerprint density at radius 2 is 1.75 bits per heavy atom. The number of carbonyl (C=O) groups excluding carboxylic acids is 1. The van der Waals surface area contributed by atoms with Crippen molar-refractivity contribution in [2.45, 2.75) is 12.6 Å². The highest BCUT2D eigenvalue weighted by molar-refractivity contribution is 5.83. The molecule has 146 valence electrons. The summed E-state index contributed by atoms with van der Waals surface area (Å²) in [5.74, 6) is -0.270. The Morgan fingerprint density at radius 1 is 1.11 bits per heavy atom. The molecule has 0 spiro atoms. The molecule has 3 rings (SSSR count). The first-order chi connectivity index (χ1) is 13.5. The van der Waals surface area contributed by atoms with Crippen molar-refractivity contribution in [1.29, 1.82) is 5.26 Å². The molecule has 1 aliphatic rings. The van der Waals surface area contributed by atoms with Crippen molar-refractivity contribution in [2.75, 3.05) is 40.3 Å². The minimum absolute atomic E-state index is 0.0358. The second kappa shape index (κ2) is 8.96. The van der Waals surface area contributed by atoms with E-state index in [4.69, 9.17) is 0 Å². The van der Waals surface area contributed by atoms with Gasteiger partial charge in [-0.3, -0.25) is 14.6 Å². The van der Waals surface area contributed by atoms with Crippen LogP contribution >= 0.6 is 0 Å². The SMILES string of the molecule is CN(C)[C@H](C(=O)N1CCN(Cc2ccccc2C#N)CC1)c1ccc(F)cc1.